The number of rotatable bonds is 5. The number of fused-ring (bicyclic) bond motifs is 1. The molecule has 3 amide bonds. The van der Waals surface area contributed by atoms with Crippen LogP contribution in [0.3, 0.4) is 0 Å². The van der Waals surface area contributed by atoms with Crippen LogP contribution < -0.4 is 0 Å². The average Bonchev–Trinajstić information content (AvgIpc) is 2.64. The number of amides is 3. The highest BCUT2D eigenvalue weighted by Crippen LogP contribution is 2.37. The maximum atomic E-state index is 12.8. The van der Waals surface area contributed by atoms with Crippen LogP contribution in [-0.2, 0) is 10.5 Å². The van der Waals surface area contributed by atoms with E-state index in [0.717, 1.165) is 29.1 Å². The number of allylic oxidation sites excluding steroid dienone is 1. The summed E-state index contributed by atoms with van der Waals surface area (Å²) in [4.78, 5) is 31.7. The zero-order chi connectivity index (χ0) is 18.0. The van der Waals surface area contributed by atoms with Crippen molar-refractivity contribution in [3.05, 3.63) is 46.4 Å². The van der Waals surface area contributed by atoms with E-state index in [4.69, 9.17) is 0 Å². The summed E-state index contributed by atoms with van der Waals surface area (Å²) in [6, 6.07) is 9.86. The van der Waals surface area contributed by atoms with Gasteiger partial charge >= 0.3 is 11.9 Å². The van der Waals surface area contributed by atoms with Crippen molar-refractivity contribution in [2.45, 2.75) is 25.5 Å². The number of hydrogen-bond acceptors (Lipinski definition) is 4. The van der Waals surface area contributed by atoms with Gasteiger partial charge in [0.15, 0.2) is 5.92 Å². The molecule has 0 N–H and O–H groups in total. The molecule has 0 spiro atoms. The number of hydrogen-bond donors (Lipinski definition) is 0. The van der Waals surface area contributed by atoms with Crippen LogP contribution >= 0.6 is 11.8 Å². The van der Waals surface area contributed by atoms with Gasteiger partial charge in [-0.05, 0) is 17.6 Å². The van der Waals surface area contributed by atoms with Crippen LogP contribution in [0.5, 0.6) is 0 Å². The summed E-state index contributed by atoms with van der Waals surface area (Å²) in [5.74, 6) is 0.644. The van der Waals surface area contributed by atoms with Crippen LogP contribution in [-0.4, -0.2) is 47.6 Å². The highest BCUT2D eigenvalue weighted by atomic mass is 32.2. The normalized spacial score (nSPS) is 20.4. The van der Waals surface area contributed by atoms with Crippen molar-refractivity contribution < 1.29 is 14.2 Å². The molecule has 0 aromatic heterocycles. The molecule has 0 fully saturated rings. The zero-order valence-corrected chi connectivity index (χ0v) is 15.5. The Morgan fingerprint density at radius 1 is 1.24 bits per heavy atom. The second-order valence-corrected chi connectivity index (χ2v) is 7.22. The minimum Gasteiger partial charge on any atom is -0.255 e. The third kappa shape index (κ3) is 3.31. The molecule has 130 valence electrons. The third-order valence-corrected chi connectivity index (χ3v) is 5.73. The van der Waals surface area contributed by atoms with Crippen molar-refractivity contribution in [2.75, 3.05) is 14.1 Å². The fraction of sp³-hybridized carbons (Fsp3) is 0.368. The Bertz CT molecular complexity index is 796. The van der Waals surface area contributed by atoms with Gasteiger partial charge in [-0.25, -0.2) is 4.79 Å². The monoisotopic (exact) mass is 356 g/mol. The molecule has 1 aromatic rings. The number of thioether (sulfide) groups is 1. The second kappa shape index (κ2) is 7.35. The molecule has 2 aliphatic heterocycles. The van der Waals surface area contributed by atoms with E-state index in [2.05, 4.69) is 24.0 Å². The molecule has 1 unspecified atom stereocenters. The number of urea groups is 1. The molecule has 25 heavy (non-hydrogen) atoms. The largest absolute Gasteiger partial charge is 0.445 e. The summed E-state index contributed by atoms with van der Waals surface area (Å²) in [5, 5.41) is 0. The highest BCUT2D eigenvalue weighted by Gasteiger charge is 2.48. The lowest BCUT2D eigenvalue weighted by molar-refractivity contribution is -0.407. The minimum absolute atomic E-state index is 0.195. The molecule has 1 aromatic carbocycles. The average molecular weight is 356 g/mol. The van der Waals surface area contributed by atoms with Gasteiger partial charge < -0.3 is 0 Å². The standard InChI is InChI=1S/C19H22N3O2S/c1-4-8-14-11-20-17-15(18(23)22(3)19(24)21(17)2)16(14)25-12-13-9-6-5-7-10-13/h5-7,9-11,15H,4,8,12H2,1-3H3/q+1. The minimum atomic E-state index is -0.479. The Morgan fingerprint density at radius 3 is 2.64 bits per heavy atom. The van der Waals surface area contributed by atoms with Gasteiger partial charge in [-0.1, -0.05) is 43.7 Å². The molecule has 5 nitrogen and oxygen atoms in total. The molecule has 0 saturated carbocycles. The van der Waals surface area contributed by atoms with Crippen molar-refractivity contribution >= 4 is 35.8 Å². The molecular weight excluding hydrogens is 334 g/mol. The quantitative estimate of drug-likeness (QED) is 0.761. The first-order chi connectivity index (χ1) is 12.0. The topological polar surface area (TPSA) is 52.8 Å². The lowest BCUT2D eigenvalue weighted by Crippen LogP contribution is -2.52. The van der Waals surface area contributed by atoms with E-state index >= 15 is 0 Å². The number of amidine groups is 1. The van der Waals surface area contributed by atoms with E-state index in [1.807, 2.05) is 24.4 Å². The second-order valence-electron chi connectivity index (χ2n) is 6.20. The Balaban J connectivity index is 1.99. The summed E-state index contributed by atoms with van der Waals surface area (Å²) in [6.45, 7) is 2.12. The molecule has 3 rings (SSSR count). The molecular formula is C19H22N3O2S+. The summed E-state index contributed by atoms with van der Waals surface area (Å²) >= 11 is 1.68. The van der Waals surface area contributed by atoms with Crippen LogP contribution in [0.1, 0.15) is 25.3 Å². The number of aliphatic imine (C=N–C) groups is 1. The first-order valence-electron chi connectivity index (χ1n) is 8.40. The maximum absolute atomic E-state index is 12.8. The highest BCUT2D eigenvalue weighted by molar-refractivity contribution is 8.02. The molecule has 2 aliphatic rings. The zero-order valence-electron chi connectivity index (χ0n) is 14.7. The lowest BCUT2D eigenvalue weighted by Gasteiger charge is -2.28. The van der Waals surface area contributed by atoms with Crippen LogP contribution in [0, 0.1) is 5.92 Å². The van der Waals surface area contributed by atoms with Crippen molar-refractivity contribution in [2.24, 2.45) is 10.9 Å². The fourth-order valence-corrected chi connectivity index (χ4v) is 4.29. The Morgan fingerprint density at radius 2 is 1.96 bits per heavy atom. The predicted octanol–water partition coefficient (Wildman–Crippen LogP) is 3.31. The van der Waals surface area contributed by atoms with Gasteiger partial charge in [0, 0.05) is 10.7 Å². The molecule has 0 bridgehead atoms. The van der Waals surface area contributed by atoms with E-state index in [1.54, 1.807) is 18.8 Å². The number of dihydropyridines is 1. The number of carbonyl (C=O) groups is 2. The van der Waals surface area contributed by atoms with Gasteiger partial charge in [0.2, 0.25) is 0 Å². The van der Waals surface area contributed by atoms with Crippen LogP contribution in [0.25, 0.3) is 0 Å². The summed E-state index contributed by atoms with van der Waals surface area (Å²) in [5.41, 5.74) is 2.31. The van der Waals surface area contributed by atoms with Crippen LogP contribution in [0.15, 0.2) is 45.8 Å². The van der Waals surface area contributed by atoms with E-state index in [-0.39, 0.29) is 11.9 Å². The van der Waals surface area contributed by atoms with Crippen molar-refractivity contribution in [1.82, 2.24) is 4.90 Å². The van der Waals surface area contributed by atoms with Gasteiger partial charge in [-0.15, -0.1) is 16.8 Å². The van der Waals surface area contributed by atoms with Crippen LogP contribution in [0.2, 0.25) is 0 Å². The van der Waals surface area contributed by atoms with Gasteiger partial charge in [-0.3, -0.25) is 4.79 Å². The summed E-state index contributed by atoms with van der Waals surface area (Å²) < 4.78 is 1.48. The Hall–Kier alpha value is -2.21. The SMILES string of the molecule is CCCC1=C(SCc2ccccc2)C2C(=O)N(C)C(=O)[N+](C)=C2N=C1. The number of benzene rings is 1. The Labute approximate surface area is 152 Å². The van der Waals surface area contributed by atoms with E-state index in [1.165, 1.54) is 22.1 Å². The van der Waals surface area contributed by atoms with Gasteiger partial charge in [0.25, 0.3) is 5.84 Å². The predicted molar refractivity (Wildman–Crippen MR) is 101 cm³/mol. The molecule has 2 heterocycles. The van der Waals surface area contributed by atoms with E-state index < -0.39 is 5.92 Å². The molecule has 0 saturated heterocycles. The first-order valence-corrected chi connectivity index (χ1v) is 9.39. The van der Waals surface area contributed by atoms with Crippen molar-refractivity contribution in [3.8, 4) is 0 Å². The van der Waals surface area contributed by atoms with Gasteiger partial charge in [0.05, 0.1) is 14.1 Å². The van der Waals surface area contributed by atoms with E-state index in [0.29, 0.717) is 5.84 Å². The van der Waals surface area contributed by atoms with Gasteiger partial charge in [0.1, 0.15) is 6.21 Å². The first kappa shape index (κ1) is 17.6. The Kier molecular flexibility index (Phi) is 5.18. The summed E-state index contributed by atoms with van der Waals surface area (Å²) in [7, 11) is 3.21. The number of nitrogens with zero attached hydrogens (tertiary/aromatic N) is 3. The maximum Gasteiger partial charge on any atom is 0.445 e. The van der Waals surface area contributed by atoms with Gasteiger partial charge in [-0.2, -0.15) is 9.48 Å². The molecule has 0 aliphatic carbocycles. The summed E-state index contributed by atoms with van der Waals surface area (Å²) in [6.07, 6.45) is 3.68. The third-order valence-electron chi connectivity index (χ3n) is 4.44. The molecule has 6 heteroatoms. The van der Waals surface area contributed by atoms with Crippen LogP contribution in [0.4, 0.5) is 4.79 Å². The number of carbonyl (C=O) groups excluding carboxylic acids is 2. The molecule has 0 radical (unpaired) electrons. The molecule has 1 atom stereocenters. The fourth-order valence-electron chi connectivity index (χ4n) is 3.07. The van der Waals surface area contributed by atoms with E-state index in [9.17, 15) is 9.59 Å². The lowest BCUT2D eigenvalue weighted by atomic mass is 9.96. The van der Waals surface area contributed by atoms with Crippen molar-refractivity contribution in [3.63, 3.8) is 0 Å². The smallest absolute Gasteiger partial charge is 0.255 e. The number of imide groups is 1. The van der Waals surface area contributed by atoms with Crippen molar-refractivity contribution in [1.29, 1.82) is 0 Å².